The van der Waals surface area contributed by atoms with E-state index in [-0.39, 0.29) is 0 Å². The Morgan fingerprint density at radius 2 is 2.20 bits per heavy atom. The second kappa shape index (κ2) is 3.69. The lowest BCUT2D eigenvalue weighted by Crippen LogP contribution is -2.21. The molecule has 78 valence electrons. The summed E-state index contributed by atoms with van der Waals surface area (Å²) in [6.07, 6.45) is 10.6. The minimum Gasteiger partial charge on any atom is -0.330 e. The average molecular weight is 200 g/mol. The number of fused-ring (bicyclic) bond motifs is 1. The zero-order valence-corrected chi connectivity index (χ0v) is 8.95. The van der Waals surface area contributed by atoms with Gasteiger partial charge < -0.3 is 4.90 Å². The van der Waals surface area contributed by atoms with Crippen LogP contribution in [0.25, 0.3) is 0 Å². The van der Waals surface area contributed by atoms with Crippen LogP contribution in [0.15, 0.2) is 30.1 Å². The Hall–Kier alpha value is -1.31. The van der Waals surface area contributed by atoms with Gasteiger partial charge in [0.1, 0.15) is 5.82 Å². The fourth-order valence-corrected chi connectivity index (χ4v) is 2.55. The number of allylic oxidation sites excluding steroid dienone is 2. The molecule has 1 aliphatic heterocycles. The number of anilines is 1. The fraction of sp³-hybridized carbons (Fsp3) is 0.462. The molecule has 0 saturated heterocycles. The molecule has 0 N–H and O–H groups in total. The van der Waals surface area contributed by atoms with E-state index >= 15 is 0 Å². The molecule has 0 spiro atoms. The van der Waals surface area contributed by atoms with Crippen molar-refractivity contribution in [3.63, 3.8) is 0 Å². The van der Waals surface area contributed by atoms with Crippen LogP contribution in [-0.2, 0) is 6.42 Å². The monoisotopic (exact) mass is 200 g/mol. The quantitative estimate of drug-likeness (QED) is 0.693. The predicted octanol–water partition coefficient (Wildman–Crippen LogP) is 2.90. The molecule has 0 unspecified atom stereocenters. The van der Waals surface area contributed by atoms with E-state index in [0.29, 0.717) is 0 Å². The third kappa shape index (κ3) is 1.54. The van der Waals surface area contributed by atoms with E-state index in [9.17, 15) is 0 Å². The van der Waals surface area contributed by atoms with Gasteiger partial charge in [0.25, 0.3) is 0 Å². The van der Waals surface area contributed by atoms with Crippen molar-refractivity contribution in [2.75, 3.05) is 11.4 Å². The highest BCUT2D eigenvalue weighted by atomic mass is 15.2. The van der Waals surface area contributed by atoms with Gasteiger partial charge in [-0.2, -0.15) is 0 Å². The van der Waals surface area contributed by atoms with Gasteiger partial charge in [0.15, 0.2) is 0 Å². The van der Waals surface area contributed by atoms with Gasteiger partial charge in [-0.05, 0) is 43.7 Å². The maximum absolute atomic E-state index is 4.50. The molecule has 1 aliphatic carbocycles. The van der Waals surface area contributed by atoms with Gasteiger partial charge in [-0.25, -0.2) is 4.98 Å². The third-order valence-corrected chi connectivity index (χ3v) is 3.34. The Morgan fingerprint density at radius 1 is 1.20 bits per heavy atom. The van der Waals surface area contributed by atoms with Crippen LogP contribution in [0.4, 0.5) is 5.82 Å². The number of rotatable bonds is 1. The Labute approximate surface area is 90.6 Å². The highest BCUT2D eigenvalue weighted by molar-refractivity contribution is 5.56. The first-order chi connectivity index (χ1) is 7.45. The van der Waals surface area contributed by atoms with Gasteiger partial charge >= 0.3 is 0 Å². The second-order valence-corrected chi connectivity index (χ2v) is 4.33. The van der Waals surface area contributed by atoms with Gasteiger partial charge in [-0.3, -0.25) is 0 Å². The van der Waals surface area contributed by atoms with Crippen molar-refractivity contribution in [3.05, 3.63) is 35.7 Å². The molecule has 3 rings (SSSR count). The summed E-state index contributed by atoms with van der Waals surface area (Å²) in [4.78, 5) is 6.91. The molecule has 2 aliphatic rings. The first-order valence-electron chi connectivity index (χ1n) is 5.85. The first kappa shape index (κ1) is 8.96. The summed E-state index contributed by atoms with van der Waals surface area (Å²) in [5.41, 5.74) is 2.91. The summed E-state index contributed by atoms with van der Waals surface area (Å²) in [7, 11) is 0. The number of pyridine rings is 1. The fourth-order valence-electron chi connectivity index (χ4n) is 2.55. The number of hydrogen-bond donors (Lipinski definition) is 0. The minimum absolute atomic E-state index is 1.12. The average Bonchev–Trinajstić information content (AvgIpc) is 2.74. The summed E-state index contributed by atoms with van der Waals surface area (Å²) in [6, 6.07) is 4.24. The summed E-state index contributed by atoms with van der Waals surface area (Å²) in [6.45, 7) is 1.12. The van der Waals surface area contributed by atoms with Crippen LogP contribution in [0.5, 0.6) is 0 Å². The predicted molar refractivity (Wildman–Crippen MR) is 61.8 cm³/mol. The summed E-state index contributed by atoms with van der Waals surface area (Å²) >= 11 is 0. The smallest absolute Gasteiger partial charge is 0.135 e. The lowest BCUT2D eigenvalue weighted by molar-refractivity contribution is 0.676. The zero-order valence-electron chi connectivity index (χ0n) is 8.95. The lowest BCUT2D eigenvalue weighted by atomic mass is 10.0. The van der Waals surface area contributed by atoms with Crippen molar-refractivity contribution in [3.8, 4) is 0 Å². The molecule has 0 radical (unpaired) electrons. The molecule has 2 heteroatoms. The summed E-state index contributed by atoms with van der Waals surface area (Å²) < 4.78 is 0. The number of hydrogen-bond acceptors (Lipinski definition) is 2. The third-order valence-electron chi connectivity index (χ3n) is 3.34. The Bertz CT molecular complexity index is 395. The first-order valence-corrected chi connectivity index (χ1v) is 5.85. The maximum atomic E-state index is 4.50. The molecule has 2 heterocycles. The van der Waals surface area contributed by atoms with Crippen LogP contribution < -0.4 is 4.90 Å². The molecule has 0 atom stereocenters. The molecule has 0 fully saturated rings. The van der Waals surface area contributed by atoms with Gasteiger partial charge in [0, 0.05) is 18.4 Å². The molecule has 0 aromatic carbocycles. The van der Waals surface area contributed by atoms with E-state index in [1.807, 2.05) is 12.3 Å². The normalized spacial score (nSPS) is 20.0. The molecule has 1 aromatic rings. The molecule has 15 heavy (non-hydrogen) atoms. The van der Waals surface area contributed by atoms with E-state index in [2.05, 4.69) is 22.0 Å². The highest BCUT2D eigenvalue weighted by Crippen LogP contribution is 2.32. The maximum Gasteiger partial charge on any atom is 0.135 e. The van der Waals surface area contributed by atoms with Crippen LogP contribution in [0.1, 0.15) is 31.2 Å². The van der Waals surface area contributed by atoms with Crippen molar-refractivity contribution in [1.29, 1.82) is 0 Å². The highest BCUT2D eigenvalue weighted by Gasteiger charge is 2.23. The molecule has 0 amide bonds. The molecular formula is C13H16N2. The summed E-state index contributed by atoms with van der Waals surface area (Å²) in [5, 5.41) is 0. The van der Waals surface area contributed by atoms with E-state index in [1.165, 1.54) is 42.8 Å². The van der Waals surface area contributed by atoms with Crippen molar-refractivity contribution in [2.45, 2.75) is 32.1 Å². The number of aromatic nitrogens is 1. The van der Waals surface area contributed by atoms with E-state index in [4.69, 9.17) is 0 Å². The second-order valence-electron chi connectivity index (χ2n) is 4.33. The van der Waals surface area contributed by atoms with Gasteiger partial charge in [0.2, 0.25) is 0 Å². The molecule has 0 bridgehead atoms. The standard InChI is InChI=1S/C13H16N2/c1-2-6-12(7-3-1)15-10-8-11-5-4-9-14-13(11)15/h4-6,9H,1-3,7-8,10H2. The molecule has 1 aromatic heterocycles. The SMILES string of the molecule is C1=C(N2CCc3cccnc32)CCCC1. The Balaban J connectivity index is 1.93. The minimum atomic E-state index is 1.12. The zero-order chi connectivity index (χ0) is 10.1. The van der Waals surface area contributed by atoms with Crippen LogP contribution in [0.2, 0.25) is 0 Å². The van der Waals surface area contributed by atoms with Crippen molar-refractivity contribution in [1.82, 2.24) is 4.98 Å². The molecule has 2 nitrogen and oxygen atoms in total. The van der Waals surface area contributed by atoms with Crippen molar-refractivity contribution < 1.29 is 0 Å². The van der Waals surface area contributed by atoms with Crippen molar-refractivity contribution in [2.24, 2.45) is 0 Å². The van der Waals surface area contributed by atoms with Gasteiger partial charge in [-0.15, -0.1) is 0 Å². The van der Waals surface area contributed by atoms with Gasteiger partial charge in [-0.1, -0.05) is 12.1 Å². The van der Waals surface area contributed by atoms with E-state index in [0.717, 1.165) is 13.0 Å². The summed E-state index contributed by atoms with van der Waals surface area (Å²) in [5.74, 6) is 1.20. The van der Waals surface area contributed by atoms with Crippen molar-refractivity contribution >= 4 is 5.82 Å². The van der Waals surface area contributed by atoms with Crippen LogP contribution in [0.3, 0.4) is 0 Å². The topological polar surface area (TPSA) is 16.1 Å². The molecular weight excluding hydrogens is 184 g/mol. The van der Waals surface area contributed by atoms with Crippen LogP contribution in [-0.4, -0.2) is 11.5 Å². The van der Waals surface area contributed by atoms with E-state index in [1.54, 1.807) is 0 Å². The lowest BCUT2D eigenvalue weighted by Gasteiger charge is -2.24. The van der Waals surface area contributed by atoms with Crippen LogP contribution in [0, 0.1) is 0 Å². The Kier molecular flexibility index (Phi) is 2.20. The largest absolute Gasteiger partial charge is 0.330 e. The van der Waals surface area contributed by atoms with Crippen LogP contribution >= 0.6 is 0 Å². The Morgan fingerprint density at radius 3 is 3.07 bits per heavy atom. The number of nitrogens with zero attached hydrogens (tertiary/aromatic N) is 2. The van der Waals surface area contributed by atoms with E-state index < -0.39 is 0 Å². The van der Waals surface area contributed by atoms with Gasteiger partial charge in [0.05, 0.1) is 0 Å². The molecule has 0 saturated carbocycles.